The van der Waals surface area contributed by atoms with Crippen LogP contribution in [0.1, 0.15) is 28.1 Å². The Kier molecular flexibility index (Phi) is 5.99. The number of aliphatic hydroxyl groups excluding tert-OH is 1. The second kappa shape index (κ2) is 9.02. The van der Waals surface area contributed by atoms with E-state index in [1.165, 1.54) is 7.11 Å². The molecule has 1 amide bonds. The lowest BCUT2D eigenvalue weighted by atomic mass is 10.1. The van der Waals surface area contributed by atoms with E-state index in [0.717, 1.165) is 16.7 Å². The molecule has 11 heteroatoms. The van der Waals surface area contributed by atoms with Gasteiger partial charge in [0.1, 0.15) is 22.5 Å². The largest absolute Gasteiger partial charge is 0.453 e. The summed E-state index contributed by atoms with van der Waals surface area (Å²) in [7, 11) is 1.27. The number of carbonyl (C=O) groups excluding carboxylic acids is 1. The molecule has 0 spiro atoms. The van der Waals surface area contributed by atoms with Crippen molar-refractivity contribution in [3.63, 3.8) is 0 Å². The third-order valence-corrected chi connectivity index (χ3v) is 4.91. The number of carbonyl (C=O) groups is 1. The standard InChI is InChI=1S/C21H23N7O4/c1-12-6-14(11-29)4-5-15(12)10-28-18-17(9-23-28)24-20(26-21(30)31-3)25-19(18)22-8-16-7-13(2)32-27-16/h4-7,9,29H,8,10-11H2,1-3H3,(H2,22,24,25,26,30). The van der Waals surface area contributed by atoms with Crippen molar-refractivity contribution in [3.8, 4) is 0 Å². The maximum atomic E-state index is 11.7. The highest BCUT2D eigenvalue weighted by Crippen LogP contribution is 2.24. The molecule has 3 aromatic heterocycles. The third-order valence-electron chi connectivity index (χ3n) is 4.91. The molecule has 3 N–H and O–H groups in total. The fourth-order valence-corrected chi connectivity index (χ4v) is 3.31. The Morgan fingerprint density at radius 2 is 2.09 bits per heavy atom. The van der Waals surface area contributed by atoms with Crippen LogP contribution in [0.2, 0.25) is 0 Å². The van der Waals surface area contributed by atoms with Crippen LogP contribution in [0.15, 0.2) is 35.0 Å². The van der Waals surface area contributed by atoms with Crippen LogP contribution in [-0.4, -0.2) is 43.2 Å². The number of hydrogen-bond donors (Lipinski definition) is 3. The van der Waals surface area contributed by atoms with Crippen molar-refractivity contribution in [3.05, 3.63) is 58.6 Å². The summed E-state index contributed by atoms with van der Waals surface area (Å²) < 4.78 is 11.5. The van der Waals surface area contributed by atoms with Gasteiger partial charge in [-0.1, -0.05) is 23.4 Å². The van der Waals surface area contributed by atoms with Crippen LogP contribution in [0, 0.1) is 13.8 Å². The Balaban J connectivity index is 1.71. The number of ether oxygens (including phenoxy) is 1. The zero-order chi connectivity index (χ0) is 22.7. The van der Waals surface area contributed by atoms with Gasteiger partial charge < -0.3 is 19.7 Å². The maximum Gasteiger partial charge on any atom is 0.413 e. The smallest absolute Gasteiger partial charge is 0.413 e. The molecule has 4 aromatic rings. The Labute approximate surface area is 183 Å². The fraction of sp³-hybridized carbons (Fsp3) is 0.286. The predicted molar refractivity (Wildman–Crippen MR) is 116 cm³/mol. The normalized spacial score (nSPS) is 11.0. The van der Waals surface area contributed by atoms with Crippen LogP contribution < -0.4 is 10.6 Å². The Hall–Kier alpha value is -3.99. The first-order valence-electron chi connectivity index (χ1n) is 9.90. The van der Waals surface area contributed by atoms with Gasteiger partial charge in [0.05, 0.1) is 33.0 Å². The Morgan fingerprint density at radius 3 is 2.78 bits per heavy atom. The third kappa shape index (κ3) is 4.52. The van der Waals surface area contributed by atoms with Gasteiger partial charge in [-0.25, -0.2) is 9.78 Å². The lowest BCUT2D eigenvalue weighted by Crippen LogP contribution is -2.15. The second-order valence-corrected chi connectivity index (χ2v) is 7.25. The highest BCUT2D eigenvalue weighted by atomic mass is 16.5. The van der Waals surface area contributed by atoms with Gasteiger partial charge in [0.2, 0.25) is 5.95 Å². The molecule has 0 aliphatic carbocycles. The number of aromatic nitrogens is 5. The molecule has 0 aliphatic rings. The first-order valence-corrected chi connectivity index (χ1v) is 9.90. The first-order chi connectivity index (χ1) is 15.5. The lowest BCUT2D eigenvalue weighted by molar-refractivity contribution is 0.186. The van der Waals surface area contributed by atoms with E-state index in [9.17, 15) is 9.90 Å². The second-order valence-electron chi connectivity index (χ2n) is 7.25. The van der Waals surface area contributed by atoms with Crippen molar-refractivity contribution < 1.29 is 19.2 Å². The average molecular weight is 437 g/mol. The minimum atomic E-state index is -0.672. The number of aryl methyl sites for hydroxylation is 2. The van der Waals surface area contributed by atoms with E-state index in [2.05, 4.69) is 35.6 Å². The maximum absolute atomic E-state index is 11.7. The van der Waals surface area contributed by atoms with Gasteiger partial charge in [-0.3, -0.25) is 10.00 Å². The summed E-state index contributed by atoms with van der Waals surface area (Å²) in [5, 5.41) is 23.5. The quantitative estimate of drug-likeness (QED) is 0.398. The van der Waals surface area contributed by atoms with Crippen LogP contribution in [0.5, 0.6) is 0 Å². The SMILES string of the molecule is COC(=O)Nc1nc(NCc2cc(C)on2)c2c(cnn2Cc2ccc(CO)cc2C)n1. The van der Waals surface area contributed by atoms with Crippen molar-refractivity contribution in [2.24, 2.45) is 0 Å². The van der Waals surface area contributed by atoms with Gasteiger partial charge in [0.25, 0.3) is 0 Å². The van der Waals surface area contributed by atoms with E-state index in [1.807, 2.05) is 38.1 Å². The van der Waals surface area contributed by atoms with E-state index in [0.29, 0.717) is 41.4 Å². The number of aliphatic hydroxyl groups is 1. The van der Waals surface area contributed by atoms with E-state index in [4.69, 9.17) is 4.52 Å². The van der Waals surface area contributed by atoms with Crippen LogP contribution in [0.4, 0.5) is 16.6 Å². The van der Waals surface area contributed by atoms with Crippen molar-refractivity contribution in [1.82, 2.24) is 24.9 Å². The van der Waals surface area contributed by atoms with Crippen LogP contribution >= 0.6 is 0 Å². The number of nitrogens with one attached hydrogen (secondary N) is 2. The lowest BCUT2D eigenvalue weighted by Gasteiger charge is -2.12. The van der Waals surface area contributed by atoms with Crippen LogP contribution in [0.25, 0.3) is 11.0 Å². The summed E-state index contributed by atoms with van der Waals surface area (Å²) in [5.41, 5.74) is 4.86. The predicted octanol–water partition coefficient (Wildman–Crippen LogP) is 2.76. The number of hydrogen-bond acceptors (Lipinski definition) is 9. The molecule has 0 atom stereocenters. The van der Waals surface area contributed by atoms with Crippen molar-refractivity contribution >= 4 is 28.9 Å². The number of methoxy groups -OCH3 is 1. The highest BCUT2D eigenvalue weighted by molar-refractivity contribution is 5.89. The monoisotopic (exact) mass is 437 g/mol. The van der Waals surface area contributed by atoms with E-state index < -0.39 is 6.09 Å². The molecule has 0 radical (unpaired) electrons. The number of rotatable bonds is 7. The molecule has 32 heavy (non-hydrogen) atoms. The zero-order valence-corrected chi connectivity index (χ0v) is 17.9. The van der Waals surface area contributed by atoms with Crippen molar-refractivity contribution in [2.75, 3.05) is 17.7 Å². The molecule has 3 heterocycles. The van der Waals surface area contributed by atoms with Gasteiger partial charge >= 0.3 is 6.09 Å². The summed E-state index contributed by atoms with van der Waals surface area (Å²) in [5.74, 6) is 1.27. The molecule has 0 saturated heterocycles. The molecule has 0 aliphatic heterocycles. The Morgan fingerprint density at radius 1 is 1.25 bits per heavy atom. The molecular formula is C21H23N7O4. The minimum absolute atomic E-state index is 0.00871. The summed E-state index contributed by atoms with van der Waals surface area (Å²) >= 11 is 0. The van der Waals surface area contributed by atoms with Gasteiger partial charge in [0.15, 0.2) is 5.82 Å². The van der Waals surface area contributed by atoms with E-state index >= 15 is 0 Å². The number of nitrogens with zero attached hydrogens (tertiary/aromatic N) is 5. The summed E-state index contributed by atoms with van der Waals surface area (Å²) in [6, 6.07) is 7.62. The van der Waals surface area contributed by atoms with Gasteiger partial charge in [0, 0.05) is 6.07 Å². The molecule has 4 rings (SSSR count). The fourth-order valence-electron chi connectivity index (χ4n) is 3.31. The van der Waals surface area contributed by atoms with E-state index in [-0.39, 0.29) is 12.6 Å². The number of anilines is 2. The van der Waals surface area contributed by atoms with Crippen molar-refractivity contribution in [2.45, 2.75) is 33.5 Å². The van der Waals surface area contributed by atoms with Crippen molar-refractivity contribution in [1.29, 1.82) is 0 Å². The molecule has 0 bridgehead atoms. The Bertz CT molecular complexity index is 1260. The van der Waals surface area contributed by atoms with Crippen LogP contribution in [-0.2, 0) is 24.4 Å². The summed E-state index contributed by atoms with van der Waals surface area (Å²) in [6.07, 6.45) is 0.942. The van der Waals surface area contributed by atoms with Gasteiger partial charge in [-0.05, 0) is 30.5 Å². The number of fused-ring (bicyclic) bond motifs is 1. The summed E-state index contributed by atoms with van der Waals surface area (Å²) in [6.45, 7) is 4.63. The number of amides is 1. The zero-order valence-electron chi connectivity index (χ0n) is 17.9. The molecule has 0 fully saturated rings. The van der Waals surface area contributed by atoms with E-state index in [1.54, 1.807) is 10.9 Å². The summed E-state index contributed by atoms with van der Waals surface area (Å²) in [4.78, 5) is 20.5. The van der Waals surface area contributed by atoms with Gasteiger partial charge in [-0.15, -0.1) is 0 Å². The molecule has 11 nitrogen and oxygen atoms in total. The molecule has 166 valence electrons. The van der Waals surface area contributed by atoms with Gasteiger partial charge in [-0.2, -0.15) is 10.1 Å². The molecule has 0 saturated carbocycles. The molecular weight excluding hydrogens is 414 g/mol. The first kappa shape index (κ1) is 21.2. The number of benzene rings is 1. The average Bonchev–Trinajstić information content (AvgIpc) is 3.39. The topological polar surface area (TPSA) is 140 Å². The molecule has 0 unspecified atom stereocenters. The molecule has 1 aromatic carbocycles. The van der Waals surface area contributed by atoms with Crippen LogP contribution in [0.3, 0.4) is 0 Å². The highest BCUT2D eigenvalue weighted by Gasteiger charge is 2.16. The minimum Gasteiger partial charge on any atom is -0.453 e.